The fraction of sp³-hybridized carbons (Fsp3) is 0.300. The van der Waals surface area contributed by atoms with Gasteiger partial charge in [-0.05, 0) is 18.2 Å². The zero-order valence-corrected chi connectivity index (χ0v) is 10.1. The average Bonchev–Trinajstić information content (AvgIpc) is 2.27. The molecule has 0 aromatic heterocycles. The summed E-state index contributed by atoms with van der Waals surface area (Å²) in [6, 6.07) is 3.82. The molecule has 0 aliphatic carbocycles. The number of rotatable bonds is 4. The second-order valence-electron chi connectivity index (χ2n) is 3.52. The molecule has 9 heteroatoms. The molecule has 0 atom stereocenters. The van der Waals surface area contributed by atoms with Gasteiger partial charge in [0.25, 0.3) is 0 Å². The number of sulfonamides is 1. The van der Waals surface area contributed by atoms with Crippen LogP contribution in [-0.4, -0.2) is 21.1 Å². The first-order valence-electron chi connectivity index (χ1n) is 4.92. The van der Waals surface area contributed by atoms with Gasteiger partial charge in [0.05, 0.1) is 16.9 Å². The second-order valence-corrected chi connectivity index (χ2v) is 5.28. The summed E-state index contributed by atoms with van der Waals surface area (Å²) in [5, 5.41) is 8.54. The molecule has 1 rings (SSSR count). The monoisotopic (exact) mass is 296 g/mol. The van der Waals surface area contributed by atoms with E-state index >= 15 is 0 Å². The van der Waals surface area contributed by atoms with Crippen molar-refractivity contribution >= 4 is 10.0 Å². The molecule has 0 aliphatic heterocycles. The topological polar surface area (TPSA) is 70.0 Å². The third-order valence-electron chi connectivity index (χ3n) is 2.07. The van der Waals surface area contributed by atoms with Crippen LogP contribution in [0, 0.1) is 17.1 Å². The molecule has 0 radical (unpaired) electrons. The number of nitriles is 1. The highest BCUT2D eigenvalue weighted by atomic mass is 32.2. The minimum absolute atomic E-state index is 0.465. The molecule has 104 valence electrons. The van der Waals surface area contributed by atoms with E-state index in [-0.39, 0.29) is 0 Å². The predicted octanol–water partition coefficient (Wildman–Crippen LogP) is 1.93. The summed E-state index contributed by atoms with van der Waals surface area (Å²) in [5.74, 6) is -0.906. The Balaban J connectivity index is 2.87. The van der Waals surface area contributed by atoms with E-state index in [4.69, 9.17) is 5.26 Å². The van der Waals surface area contributed by atoms with Crippen LogP contribution in [0.5, 0.6) is 0 Å². The summed E-state index contributed by atoms with van der Waals surface area (Å²) in [7, 11) is -4.20. The van der Waals surface area contributed by atoms with Crippen LogP contribution in [0.2, 0.25) is 0 Å². The van der Waals surface area contributed by atoms with Crippen LogP contribution in [-0.2, 0) is 10.0 Å². The lowest BCUT2D eigenvalue weighted by molar-refractivity contribution is -0.132. The van der Waals surface area contributed by atoms with Gasteiger partial charge >= 0.3 is 6.18 Å². The van der Waals surface area contributed by atoms with Crippen molar-refractivity contribution in [1.82, 2.24) is 4.72 Å². The molecule has 0 saturated heterocycles. The van der Waals surface area contributed by atoms with E-state index in [2.05, 4.69) is 0 Å². The Bertz CT molecular complexity index is 605. The number of nitrogens with zero attached hydrogens (tertiary/aromatic N) is 1. The highest BCUT2D eigenvalue weighted by Gasteiger charge is 2.27. The van der Waals surface area contributed by atoms with Gasteiger partial charge in [-0.15, -0.1) is 0 Å². The van der Waals surface area contributed by atoms with Gasteiger partial charge in [0.2, 0.25) is 10.0 Å². The zero-order chi connectivity index (χ0) is 14.7. The van der Waals surface area contributed by atoms with E-state index in [1.165, 1.54) is 6.07 Å². The minimum atomic E-state index is -4.48. The van der Waals surface area contributed by atoms with Crippen molar-refractivity contribution < 1.29 is 26.0 Å². The van der Waals surface area contributed by atoms with Crippen molar-refractivity contribution in [2.24, 2.45) is 0 Å². The van der Waals surface area contributed by atoms with Crippen LogP contribution in [0.3, 0.4) is 0 Å². The molecule has 0 unspecified atom stereocenters. The fourth-order valence-corrected chi connectivity index (χ4v) is 2.23. The van der Waals surface area contributed by atoms with E-state index in [0.717, 1.165) is 18.2 Å². The maximum atomic E-state index is 13.0. The van der Waals surface area contributed by atoms with E-state index in [1.807, 2.05) is 0 Å². The van der Waals surface area contributed by atoms with Gasteiger partial charge < -0.3 is 0 Å². The molecular formula is C10H8F4N2O2S. The molecule has 1 aromatic carbocycles. The lowest BCUT2D eigenvalue weighted by Gasteiger charge is -2.09. The highest BCUT2D eigenvalue weighted by Crippen LogP contribution is 2.19. The van der Waals surface area contributed by atoms with Crippen molar-refractivity contribution in [3.8, 4) is 6.07 Å². The first kappa shape index (κ1) is 15.4. The second kappa shape index (κ2) is 5.54. The summed E-state index contributed by atoms with van der Waals surface area (Å²) in [6.45, 7) is -0.828. The Labute approximate surface area is 106 Å². The fourth-order valence-electron chi connectivity index (χ4n) is 1.17. The molecule has 0 bridgehead atoms. The largest absolute Gasteiger partial charge is 0.390 e. The molecule has 1 aromatic rings. The summed E-state index contributed by atoms with van der Waals surface area (Å²) in [4.78, 5) is -0.465. The van der Waals surface area contributed by atoms with Crippen molar-refractivity contribution in [3.05, 3.63) is 29.6 Å². The van der Waals surface area contributed by atoms with Gasteiger partial charge in [0.1, 0.15) is 11.9 Å². The van der Waals surface area contributed by atoms with E-state index in [0.29, 0.717) is 0 Å². The standard InChI is InChI=1S/C10H8F4N2O2S/c11-9-2-1-8(5-7(9)6-15)19(17,18)16-4-3-10(12,13)14/h1-2,5,16H,3-4H2. The van der Waals surface area contributed by atoms with E-state index in [9.17, 15) is 26.0 Å². The van der Waals surface area contributed by atoms with Crippen LogP contribution in [0.25, 0.3) is 0 Å². The summed E-state index contributed by atoms with van der Waals surface area (Å²) < 4.78 is 73.5. The highest BCUT2D eigenvalue weighted by molar-refractivity contribution is 7.89. The van der Waals surface area contributed by atoms with Gasteiger partial charge in [-0.2, -0.15) is 18.4 Å². The molecule has 0 amide bonds. The van der Waals surface area contributed by atoms with Crippen LogP contribution < -0.4 is 4.72 Å². The molecular weight excluding hydrogens is 288 g/mol. The molecule has 0 spiro atoms. The molecule has 1 N–H and O–H groups in total. The van der Waals surface area contributed by atoms with Crippen LogP contribution >= 0.6 is 0 Å². The first-order valence-corrected chi connectivity index (χ1v) is 6.40. The van der Waals surface area contributed by atoms with Crippen LogP contribution in [0.4, 0.5) is 17.6 Å². The Hall–Kier alpha value is -1.66. The molecule has 0 saturated carbocycles. The number of halogens is 4. The SMILES string of the molecule is N#Cc1cc(S(=O)(=O)NCCC(F)(F)F)ccc1F. The van der Waals surface area contributed by atoms with Crippen LogP contribution in [0.15, 0.2) is 23.1 Å². The van der Waals surface area contributed by atoms with E-state index < -0.39 is 45.4 Å². The number of benzene rings is 1. The Morgan fingerprint density at radius 2 is 1.95 bits per heavy atom. The third-order valence-corrected chi connectivity index (χ3v) is 3.53. The van der Waals surface area contributed by atoms with Gasteiger partial charge in [0.15, 0.2) is 0 Å². The number of alkyl halides is 3. The van der Waals surface area contributed by atoms with Gasteiger partial charge in [-0.25, -0.2) is 17.5 Å². The number of nitrogens with one attached hydrogen (secondary N) is 1. The van der Waals surface area contributed by atoms with Crippen molar-refractivity contribution in [1.29, 1.82) is 5.26 Å². The lowest BCUT2D eigenvalue weighted by Crippen LogP contribution is -2.28. The molecule has 0 heterocycles. The lowest BCUT2D eigenvalue weighted by atomic mass is 10.2. The molecule has 0 fully saturated rings. The normalized spacial score (nSPS) is 12.2. The van der Waals surface area contributed by atoms with E-state index in [1.54, 1.807) is 4.72 Å². The zero-order valence-electron chi connectivity index (χ0n) is 9.33. The summed E-state index contributed by atoms with van der Waals surface area (Å²) in [5.41, 5.74) is -0.501. The summed E-state index contributed by atoms with van der Waals surface area (Å²) in [6.07, 6.45) is -5.80. The van der Waals surface area contributed by atoms with Crippen molar-refractivity contribution in [2.75, 3.05) is 6.54 Å². The number of hydrogen-bond acceptors (Lipinski definition) is 3. The Morgan fingerprint density at radius 1 is 1.32 bits per heavy atom. The molecule has 19 heavy (non-hydrogen) atoms. The quantitative estimate of drug-likeness (QED) is 0.863. The van der Waals surface area contributed by atoms with Gasteiger partial charge in [-0.1, -0.05) is 0 Å². The minimum Gasteiger partial charge on any atom is -0.211 e. The summed E-state index contributed by atoms with van der Waals surface area (Å²) >= 11 is 0. The maximum absolute atomic E-state index is 13.0. The Morgan fingerprint density at radius 3 is 2.47 bits per heavy atom. The Kier molecular flexibility index (Phi) is 4.49. The third kappa shape index (κ3) is 4.50. The van der Waals surface area contributed by atoms with Crippen LogP contribution in [0.1, 0.15) is 12.0 Å². The maximum Gasteiger partial charge on any atom is 0.390 e. The first-order chi connectivity index (χ1) is 8.65. The van der Waals surface area contributed by atoms with Crippen molar-refractivity contribution in [3.63, 3.8) is 0 Å². The number of hydrogen-bond donors (Lipinski definition) is 1. The van der Waals surface area contributed by atoms with Crippen molar-refractivity contribution in [2.45, 2.75) is 17.5 Å². The smallest absolute Gasteiger partial charge is 0.211 e. The average molecular weight is 296 g/mol. The van der Waals surface area contributed by atoms with Gasteiger partial charge in [0, 0.05) is 6.54 Å². The predicted molar refractivity (Wildman–Crippen MR) is 57.0 cm³/mol. The molecule has 0 aliphatic rings. The van der Waals surface area contributed by atoms with Gasteiger partial charge in [-0.3, -0.25) is 0 Å². The molecule has 4 nitrogen and oxygen atoms in total.